The molecule has 1 heterocycles. The Morgan fingerprint density at radius 2 is 1.76 bits per heavy atom. The molecule has 0 bridgehead atoms. The van der Waals surface area contributed by atoms with E-state index in [9.17, 15) is 4.79 Å². The predicted octanol–water partition coefficient (Wildman–Crippen LogP) is 2.25. The monoisotopic (exact) mass is 223 g/mol. The first-order valence-electron chi connectivity index (χ1n) is 5.03. The van der Waals surface area contributed by atoms with Crippen molar-refractivity contribution in [2.24, 2.45) is 0 Å². The van der Waals surface area contributed by atoms with E-state index in [1.807, 2.05) is 30.3 Å². The summed E-state index contributed by atoms with van der Waals surface area (Å²) in [6.07, 6.45) is 5.44. The Labute approximate surface area is 99.1 Å². The normalized spacial score (nSPS) is 8.94. The zero-order chi connectivity index (χ0) is 11.9. The van der Waals surface area contributed by atoms with Crippen molar-refractivity contribution in [1.29, 1.82) is 0 Å². The summed E-state index contributed by atoms with van der Waals surface area (Å²) in [5.41, 5.74) is 1.23. The van der Waals surface area contributed by atoms with Gasteiger partial charge in [0.15, 0.2) is 0 Å². The second-order valence-corrected chi connectivity index (χ2v) is 3.22. The number of nitrogens with zero attached hydrogens (tertiary/aromatic N) is 1. The van der Waals surface area contributed by atoms with Crippen molar-refractivity contribution in [3.05, 3.63) is 66.0 Å². The van der Waals surface area contributed by atoms with Gasteiger partial charge in [0.2, 0.25) is 0 Å². The lowest BCUT2D eigenvalue weighted by atomic mass is 10.2. The third-order valence-electron chi connectivity index (χ3n) is 2.03. The van der Waals surface area contributed by atoms with E-state index in [1.54, 1.807) is 12.1 Å². The standard InChI is InChI=1S/C14H9NO2/c16-14(13-6-9-15-10-7-13)17-11-8-12-4-2-1-3-5-12/h1-7,9-10H. The average Bonchev–Trinajstić information content (AvgIpc) is 2.41. The van der Waals surface area contributed by atoms with Crippen molar-refractivity contribution < 1.29 is 9.53 Å². The summed E-state index contributed by atoms with van der Waals surface area (Å²) in [7, 11) is 0. The molecule has 0 amide bonds. The third kappa shape index (κ3) is 3.18. The van der Waals surface area contributed by atoms with Crippen LogP contribution >= 0.6 is 0 Å². The summed E-state index contributed by atoms with van der Waals surface area (Å²) in [6.45, 7) is 0. The molecule has 0 aliphatic carbocycles. The molecule has 82 valence electrons. The molecule has 2 aromatic rings. The van der Waals surface area contributed by atoms with Gasteiger partial charge in [-0.25, -0.2) is 4.79 Å². The van der Waals surface area contributed by atoms with Gasteiger partial charge >= 0.3 is 5.97 Å². The number of ether oxygens (including phenoxy) is 1. The minimum absolute atomic E-state index is 0.433. The van der Waals surface area contributed by atoms with Crippen LogP contribution in [0.15, 0.2) is 54.9 Å². The number of hydrogen-bond acceptors (Lipinski definition) is 3. The lowest BCUT2D eigenvalue weighted by Crippen LogP contribution is -2.00. The predicted molar refractivity (Wildman–Crippen MR) is 63.0 cm³/mol. The van der Waals surface area contributed by atoms with Gasteiger partial charge in [-0.1, -0.05) is 18.2 Å². The molecule has 0 fully saturated rings. The molecule has 0 aliphatic rings. The van der Waals surface area contributed by atoms with Gasteiger partial charge in [-0.15, -0.1) is 0 Å². The van der Waals surface area contributed by atoms with Crippen molar-refractivity contribution in [1.82, 2.24) is 4.98 Å². The number of carbonyl (C=O) groups excluding carboxylic acids is 1. The maximum absolute atomic E-state index is 11.5. The summed E-state index contributed by atoms with van der Waals surface area (Å²) in [4.78, 5) is 15.3. The van der Waals surface area contributed by atoms with Crippen LogP contribution in [0.2, 0.25) is 0 Å². The molecule has 0 radical (unpaired) electrons. The molecule has 1 aromatic carbocycles. The highest BCUT2D eigenvalue weighted by molar-refractivity contribution is 5.89. The molecule has 2 rings (SSSR count). The highest BCUT2D eigenvalue weighted by Gasteiger charge is 2.03. The maximum atomic E-state index is 11.5. The van der Waals surface area contributed by atoms with Crippen LogP contribution in [0.5, 0.6) is 0 Å². The topological polar surface area (TPSA) is 39.2 Å². The van der Waals surface area contributed by atoms with E-state index in [0.29, 0.717) is 5.56 Å². The molecule has 0 aliphatic heterocycles. The van der Waals surface area contributed by atoms with E-state index >= 15 is 0 Å². The van der Waals surface area contributed by atoms with Gasteiger partial charge < -0.3 is 4.74 Å². The molecule has 1 aromatic heterocycles. The summed E-state index contributed by atoms with van der Waals surface area (Å²) < 4.78 is 4.80. The molecule has 3 heteroatoms. The van der Waals surface area contributed by atoms with Gasteiger partial charge in [-0.3, -0.25) is 4.98 Å². The highest BCUT2D eigenvalue weighted by atomic mass is 16.5. The second-order valence-electron chi connectivity index (χ2n) is 3.22. The number of benzene rings is 1. The van der Waals surface area contributed by atoms with Crippen LogP contribution in [0.4, 0.5) is 0 Å². The van der Waals surface area contributed by atoms with Crippen molar-refractivity contribution in [2.75, 3.05) is 0 Å². The molecule has 0 atom stereocenters. The molecule has 17 heavy (non-hydrogen) atoms. The smallest absolute Gasteiger partial charge is 0.352 e. The lowest BCUT2D eigenvalue weighted by Gasteiger charge is -1.94. The van der Waals surface area contributed by atoms with Gasteiger partial charge in [0.1, 0.15) is 6.11 Å². The number of carbonyl (C=O) groups is 1. The zero-order valence-corrected chi connectivity index (χ0v) is 8.96. The average molecular weight is 223 g/mol. The summed E-state index contributed by atoms with van der Waals surface area (Å²) in [5, 5.41) is 0. The van der Waals surface area contributed by atoms with Gasteiger partial charge in [0, 0.05) is 18.0 Å². The third-order valence-corrected chi connectivity index (χ3v) is 2.03. The Morgan fingerprint density at radius 1 is 1.06 bits per heavy atom. The Kier molecular flexibility index (Phi) is 3.51. The number of rotatable bonds is 1. The van der Waals surface area contributed by atoms with E-state index in [-0.39, 0.29) is 0 Å². The van der Waals surface area contributed by atoms with Gasteiger partial charge in [0.05, 0.1) is 5.56 Å². The molecular weight excluding hydrogens is 214 g/mol. The molecule has 0 unspecified atom stereocenters. The Bertz CT molecular complexity index is 553. The van der Waals surface area contributed by atoms with Gasteiger partial charge in [0.25, 0.3) is 0 Å². The number of pyridine rings is 1. The summed E-state index contributed by atoms with van der Waals surface area (Å²) in [5.74, 6) is 2.26. The SMILES string of the molecule is O=C(OC#Cc1ccccc1)c1ccncc1. The van der Waals surface area contributed by atoms with Crippen molar-refractivity contribution in [2.45, 2.75) is 0 Å². The van der Waals surface area contributed by atoms with E-state index in [2.05, 4.69) is 17.0 Å². The molecule has 3 nitrogen and oxygen atoms in total. The molecule has 0 saturated heterocycles. The first-order valence-corrected chi connectivity index (χ1v) is 5.03. The van der Waals surface area contributed by atoms with Crippen LogP contribution in [-0.2, 0) is 4.74 Å². The van der Waals surface area contributed by atoms with Crippen LogP contribution in [0.3, 0.4) is 0 Å². The summed E-state index contributed by atoms with van der Waals surface area (Å²) >= 11 is 0. The van der Waals surface area contributed by atoms with Crippen LogP contribution in [0.1, 0.15) is 15.9 Å². The number of aromatic nitrogens is 1. The zero-order valence-electron chi connectivity index (χ0n) is 8.96. The first-order chi connectivity index (χ1) is 8.36. The van der Waals surface area contributed by atoms with E-state index in [0.717, 1.165) is 5.56 Å². The number of hydrogen-bond donors (Lipinski definition) is 0. The minimum Gasteiger partial charge on any atom is -0.368 e. The van der Waals surface area contributed by atoms with Gasteiger partial charge in [-0.2, -0.15) is 0 Å². The van der Waals surface area contributed by atoms with Crippen LogP contribution in [0.25, 0.3) is 0 Å². The van der Waals surface area contributed by atoms with Crippen molar-refractivity contribution in [3.8, 4) is 12.0 Å². The number of esters is 1. The van der Waals surface area contributed by atoms with E-state index in [1.165, 1.54) is 12.4 Å². The first kappa shape index (κ1) is 10.9. The fraction of sp³-hybridized carbons (Fsp3) is 0. The second kappa shape index (κ2) is 5.47. The molecular formula is C14H9NO2. The van der Waals surface area contributed by atoms with Crippen molar-refractivity contribution in [3.63, 3.8) is 0 Å². The highest BCUT2D eigenvalue weighted by Crippen LogP contribution is 1.99. The Morgan fingerprint density at radius 3 is 2.47 bits per heavy atom. The maximum Gasteiger partial charge on any atom is 0.352 e. The Hall–Kier alpha value is -2.60. The quantitative estimate of drug-likeness (QED) is 0.549. The van der Waals surface area contributed by atoms with Crippen LogP contribution in [0, 0.1) is 12.0 Å². The van der Waals surface area contributed by atoms with E-state index < -0.39 is 5.97 Å². The fourth-order valence-corrected chi connectivity index (χ4v) is 1.20. The van der Waals surface area contributed by atoms with Crippen LogP contribution < -0.4 is 0 Å². The van der Waals surface area contributed by atoms with E-state index in [4.69, 9.17) is 4.74 Å². The molecule has 0 saturated carbocycles. The summed E-state index contributed by atoms with van der Waals surface area (Å²) in [6, 6.07) is 12.5. The Balaban J connectivity index is 2.00. The fourth-order valence-electron chi connectivity index (χ4n) is 1.20. The largest absolute Gasteiger partial charge is 0.368 e. The van der Waals surface area contributed by atoms with Crippen molar-refractivity contribution >= 4 is 5.97 Å². The van der Waals surface area contributed by atoms with Crippen LogP contribution in [-0.4, -0.2) is 11.0 Å². The van der Waals surface area contributed by atoms with Gasteiger partial charge in [-0.05, 0) is 30.2 Å². The molecule has 0 spiro atoms. The minimum atomic E-state index is -0.476. The lowest BCUT2D eigenvalue weighted by molar-refractivity contribution is 0.0690. The molecule has 0 N–H and O–H groups in total.